The van der Waals surface area contributed by atoms with E-state index in [0.29, 0.717) is 74.7 Å². The standard InChI is InChI=1S/C38H43N5O6/c1-3-43(39-26-27-16-17-34(44)35(24-27)48-2)37(46)29-12-9-13-30(25-29)40-36(45)20-23-42-21-18-31(19-22-42)49-38(47)41-33-15-8-7-14-32(33)28-10-5-4-6-11-28/h4-17,24-25,31,39,44H,3,18-23,26H2,1-2H3,(H,40,45)(H,41,47). The quantitative estimate of drug-likeness (QED) is 0.123. The highest BCUT2D eigenvalue weighted by Gasteiger charge is 2.23. The average molecular weight is 666 g/mol. The van der Waals surface area contributed by atoms with E-state index in [0.717, 1.165) is 16.7 Å². The van der Waals surface area contributed by atoms with E-state index in [9.17, 15) is 19.5 Å². The van der Waals surface area contributed by atoms with Crippen LogP contribution in [0.3, 0.4) is 0 Å². The van der Waals surface area contributed by atoms with Gasteiger partial charge < -0.3 is 24.8 Å². The minimum Gasteiger partial charge on any atom is -0.504 e. The SMILES string of the molecule is CCN(NCc1ccc(O)c(OC)c1)C(=O)c1cccc(NC(=O)CCN2CCC(OC(=O)Nc3ccccc3-c3ccccc3)CC2)c1. The zero-order valence-corrected chi connectivity index (χ0v) is 27.9. The van der Waals surface area contributed by atoms with E-state index in [1.165, 1.54) is 12.1 Å². The highest BCUT2D eigenvalue weighted by atomic mass is 16.6. The molecule has 1 heterocycles. The van der Waals surface area contributed by atoms with Gasteiger partial charge in [-0.2, -0.15) is 0 Å². The van der Waals surface area contributed by atoms with E-state index in [1.54, 1.807) is 42.5 Å². The van der Waals surface area contributed by atoms with Crippen LogP contribution in [0.25, 0.3) is 11.1 Å². The van der Waals surface area contributed by atoms with Gasteiger partial charge in [0.05, 0.1) is 12.8 Å². The molecular formula is C38H43N5O6. The van der Waals surface area contributed by atoms with Gasteiger partial charge in [-0.05, 0) is 67.3 Å². The van der Waals surface area contributed by atoms with Gasteiger partial charge in [0.2, 0.25) is 5.91 Å². The van der Waals surface area contributed by atoms with Crippen molar-refractivity contribution < 1.29 is 29.0 Å². The first-order valence-electron chi connectivity index (χ1n) is 16.5. The van der Waals surface area contributed by atoms with Crippen LogP contribution in [0.15, 0.2) is 97.1 Å². The van der Waals surface area contributed by atoms with Crippen LogP contribution in [0.4, 0.5) is 16.2 Å². The summed E-state index contributed by atoms with van der Waals surface area (Å²) in [4.78, 5) is 41.0. The van der Waals surface area contributed by atoms with Crippen molar-refractivity contribution >= 4 is 29.3 Å². The topological polar surface area (TPSA) is 132 Å². The van der Waals surface area contributed by atoms with Crippen molar-refractivity contribution in [3.8, 4) is 22.6 Å². The highest BCUT2D eigenvalue weighted by molar-refractivity contribution is 5.97. The fraction of sp³-hybridized carbons (Fsp3) is 0.289. The van der Waals surface area contributed by atoms with E-state index < -0.39 is 6.09 Å². The minimum absolute atomic E-state index is 0.0476. The molecule has 11 heteroatoms. The average Bonchev–Trinajstić information content (AvgIpc) is 3.12. The number of para-hydroxylation sites is 1. The van der Waals surface area contributed by atoms with Crippen LogP contribution >= 0.6 is 0 Å². The molecule has 0 saturated carbocycles. The van der Waals surface area contributed by atoms with Gasteiger partial charge in [0, 0.05) is 56.0 Å². The molecule has 0 atom stereocenters. The van der Waals surface area contributed by atoms with Crippen LogP contribution in [0, 0.1) is 0 Å². The van der Waals surface area contributed by atoms with Crippen molar-refractivity contribution in [3.63, 3.8) is 0 Å². The van der Waals surface area contributed by atoms with Crippen molar-refractivity contribution in [2.45, 2.75) is 38.8 Å². The van der Waals surface area contributed by atoms with Crippen LogP contribution in [0.1, 0.15) is 42.1 Å². The molecule has 256 valence electrons. The van der Waals surface area contributed by atoms with Gasteiger partial charge in [-0.1, -0.05) is 60.7 Å². The number of piperidine rings is 1. The fourth-order valence-electron chi connectivity index (χ4n) is 5.72. The number of carbonyl (C=O) groups excluding carboxylic acids is 3. The number of hydrogen-bond acceptors (Lipinski definition) is 8. The zero-order valence-electron chi connectivity index (χ0n) is 27.9. The summed E-state index contributed by atoms with van der Waals surface area (Å²) in [5.74, 6) is 0.0262. The van der Waals surface area contributed by atoms with Crippen LogP contribution < -0.4 is 20.8 Å². The van der Waals surface area contributed by atoms with Gasteiger partial charge in [-0.3, -0.25) is 19.9 Å². The van der Waals surface area contributed by atoms with Crippen LogP contribution in [-0.4, -0.2) is 72.3 Å². The number of phenolic OH excluding ortho intramolecular Hbond substituents is 1. The number of likely N-dealkylation sites (tertiary alicyclic amines) is 1. The highest BCUT2D eigenvalue weighted by Crippen LogP contribution is 2.28. The molecule has 4 N–H and O–H groups in total. The lowest BCUT2D eigenvalue weighted by Crippen LogP contribution is -2.42. The minimum atomic E-state index is -0.474. The molecule has 0 spiro atoms. The Bertz CT molecular complexity index is 1720. The molecule has 3 amide bonds. The third kappa shape index (κ3) is 9.82. The summed E-state index contributed by atoms with van der Waals surface area (Å²) in [6.45, 7) is 4.64. The van der Waals surface area contributed by atoms with Crippen molar-refractivity contribution in [1.29, 1.82) is 0 Å². The summed E-state index contributed by atoms with van der Waals surface area (Å²) in [6, 6.07) is 29.4. The first-order chi connectivity index (χ1) is 23.8. The number of methoxy groups -OCH3 is 1. The Morgan fingerprint density at radius 2 is 1.65 bits per heavy atom. The predicted molar refractivity (Wildman–Crippen MR) is 189 cm³/mol. The molecule has 5 rings (SSSR count). The van der Waals surface area contributed by atoms with Crippen molar-refractivity contribution in [2.24, 2.45) is 0 Å². The lowest BCUT2D eigenvalue weighted by Gasteiger charge is -2.31. The first-order valence-corrected chi connectivity index (χ1v) is 16.5. The number of carbonyl (C=O) groups is 3. The van der Waals surface area contributed by atoms with Crippen molar-refractivity contribution in [2.75, 3.05) is 43.9 Å². The summed E-state index contributed by atoms with van der Waals surface area (Å²) in [5.41, 5.74) is 7.58. The first kappa shape index (κ1) is 34.9. The fourth-order valence-corrected chi connectivity index (χ4v) is 5.72. The summed E-state index contributed by atoms with van der Waals surface area (Å²) in [5, 5.41) is 17.1. The monoisotopic (exact) mass is 665 g/mol. The number of benzene rings is 4. The molecule has 1 saturated heterocycles. The Labute approximate surface area is 286 Å². The maximum atomic E-state index is 13.2. The van der Waals surface area contributed by atoms with E-state index in [4.69, 9.17) is 9.47 Å². The second kappa shape index (κ2) is 17.1. The number of hydrazine groups is 1. The number of rotatable bonds is 13. The van der Waals surface area contributed by atoms with Crippen molar-refractivity contribution in [3.05, 3.63) is 108 Å². The number of amides is 3. The lowest BCUT2D eigenvalue weighted by molar-refractivity contribution is -0.116. The summed E-state index contributed by atoms with van der Waals surface area (Å²) in [7, 11) is 1.48. The smallest absolute Gasteiger partial charge is 0.411 e. The third-order valence-corrected chi connectivity index (χ3v) is 8.38. The van der Waals surface area contributed by atoms with Gasteiger partial charge in [-0.15, -0.1) is 0 Å². The van der Waals surface area contributed by atoms with E-state index in [-0.39, 0.29) is 23.7 Å². The number of hydrogen-bond donors (Lipinski definition) is 4. The zero-order chi connectivity index (χ0) is 34.6. The summed E-state index contributed by atoms with van der Waals surface area (Å²) in [6.07, 6.45) is 0.982. The maximum Gasteiger partial charge on any atom is 0.411 e. The molecule has 49 heavy (non-hydrogen) atoms. The van der Waals surface area contributed by atoms with Crippen LogP contribution in [0.5, 0.6) is 11.5 Å². The number of nitrogens with zero attached hydrogens (tertiary/aromatic N) is 2. The molecule has 4 aromatic carbocycles. The molecule has 0 unspecified atom stereocenters. The number of phenols is 1. The molecule has 0 aliphatic carbocycles. The van der Waals surface area contributed by atoms with E-state index in [1.807, 2.05) is 61.5 Å². The van der Waals surface area contributed by atoms with Crippen LogP contribution in [0.2, 0.25) is 0 Å². The molecule has 0 bridgehead atoms. The van der Waals surface area contributed by atoms with Crippen LogP contribution in [-0.2, 0) is 16.1 Å². The molecule has 1 aliphatic heterocycles. The van der Waals surface area contributed by atoms with Gasteiger partial charge in [0.1, 0.15) is 6.10 Å². The largest absolute Gasteiger partial charge is 0.504 e. The second-order valence-electron chi connectivity index (χ2n) is 11.8. The summed E-state index contributed by atoms with van der Waals surface area (Å²) < 4.78 is 10.9. The predicted octanol–water partition coefficient (Wildman–Crippen LogP) is 6.28. The normalized spacial score (nSPS) is 13.3. The number of aromatic hydroxyl groups is 1. The third-order valence-electron chi connectivity index (χ3n) is 8.38. The van der Waals surface area contributed by atoms with E-state index >= 15 is 0 Å². The molecule has 1 fully saturated rings. The van der Waals surface area contributed by atoms with Gasteiger partial charge in [0.25, 0.3) is 5.91 Å². The number of ether oxygens (including phenoxy) is 2. The maximum absolute atomic E-state index is 13.2. The molecule has 4 aromatic rings. The Morgan fingerprint density at radius 3 is 2.41 bits per heavy atom. The second-order valence-corrected chi connectivity index (χ2v) is 11.8. The van der Waals surface area contributed by atoms with Gasteiger partial charge in [0.15, 0.2) is 11.5 Å². The van der Waals surface area contributed by atoms with Crippen molar-refractivity contribution in [1.82, 2.24) is 15.3 Å². The molecule has 0 aromatic heterocycles. The molecule has 0 radical (unpaired) electrons. The van der Waals surface area contributed by atoms with E-state index in [2.05, 4.69) is 21.0 Å². The summed E-state index contributed by atoms with van der Waals surface area (Å²) >= 11 is 0. The van der Waals surface area contributed by atoms with Gasteiger partial charge >= 0.3 is 6.09 Å². The Hall–Kier alpha value is -5.39. The number of nitrogens with one attached hydrogen (secondary N) is 3. The Kier molecular flexibility index (Phi) is 12.2. The number of anilines is 2. The lowest BCUT2D eigenvalue weighted by atomic mass is 10.0. The Morgan fingerprint density at radius 1 is 0.898 bits per heavy atom. The molecule has 1 aliphatic rings. The molecule has 11 nitrogen and oxygen atoms in total. The Balaban J connectivity index is 1.04. The van der Waals surface area contributed by atoms with Gasteiger partial charge in [-0.25, -0.2) is 10.2 Å². The molecular weight excluding hydrogens is 622 g/mol.